The van der Waals surface area contributed by atoms with Crippen LogP contribution in [0.1, 0.15) is 23.3 Å². The minimum absolute atomic E-state index is 0.0583. The summed E-state index contributed by atoms with van der Waals surface area (Å²) in [7, 11) is 0. The molecule has 1 aromatic heterocycles. The van der Waals surface area contributed by atoms with Gasteiger partial charge >= 0.3 is 0 Å². The van der Waals surface area contributed by atoms with Crippen LogP contribution in [-0.2, 0) is 12.8 Å². The molecule has 0 saturated carbocycles. The number of nitrogens with two attached hydrogens (primary N) is 1. The molecule has 1 aromatic carbocycles. The Morgan fingerprint density at radius 1 is 1.30 bits per heavy atom. The molecule has 1 unspecified atom stereocenters. The number of aryl methyl sites for hydroxylation is 1. The van der Waals surface area contributed by atoms with Gasteiger partial charge < -0.3 is 0 Å². The van der Waals surface area contributed by atoms with E-state index < -0.39 is 0 Å². The Hall–Kier alpha value is -0.940. The van der Waals surface area contributed by atoms with Crippen molar-refractivity contribution in [3.63, 3.8) is 0 Å². The van der Waals surface area contributed by atoms with Crippen LogP contribution in [0.3, 0.4) is 0 Å². The first-order chi connectivity index (χ1) is 9.70. The quantitative estimate of drug-likeness (QED) is 0.600. The van der Waals surface area contributed by atoms with Gasteiger partial charge in [-0.1, -0.05) is 29.8 Å². The minimum Gasteiger partial charge on any atom is -0.271 e. The van der Waals surface area contributed by atoms with Gasteiger partial charge in [-0.15, -0.1) is 11.3 Å². The van der Waals surface area contributed by atoms with Gasteiger partial charge in [0, 0.05) is 10.9 Å². The lowest BCUT2D eigenvalue weighted by molar-refractivity contribution is 0.467. The second kappa shape index (κ2) is 7.74. The zero-order chi connectivity index (χ0) is 14.4. The lowest BCUT2D eigenvalue weighted by Crippen LogP contribution is -2.37. The van der Waals surface area contributed by atoms with Crippen molar-refractivity contribution in [2.45, 2.75) is 31.7 Å². The van der Waals surface area contributed by atoms with E-state index >= 15 is 0 Å². The lowest BCUT2D eigenvalue weighted by atomic mass is 10.0. The molecule has 0 aliphatic heterocycles. The third-order valence-corrected chi connectivity index (χ3v) is 4.52. The summed E-state index contributed by atoms with van der Waals surface area (Å²) in [5, 5.41) is 2.24. The number of hydrazine groups is 1. The van der Waals surface area contributed by atoms with Crippen molar-refractivity contribution < 1.29 is 4.39 Å². The van der Waals surface area contributed by atoms with Crippen LogP contribution in [0, 0.1) is 5.82 Å². The van der Waals surface area contributed by atoms with Gasteiger partial charge in [0.05, 0.1) is 5.02 Å². The number of nitrogens with one attached hydrogen (secondary N) is 1. The third kappa shape index (κ3) is 4.28. The van der Waals surface area contributed by atoms with E-state index in [2.05, 4.69) is 22.9 Å². The van der Waals surface area contributed by atoms with Gasteiger partial charge in [0.2, 0.25) is 0 Å². The molecule has 2 aromatic rings. The highest BCUT2D eigenvalue weighted by Gasteiger charge is 2.12. The minimum atomic E-state index is -0.340. The first-order valence-electron chi connectivity index (χ1n) is 6.62. The second-order valence-electron chi connectivity index (χ2n) is 4.75. The Balaban J connectivity index is 1.87. The maximum atomic E-state index is 13.8. The summed E-state index contributed by atoms with van der Waals surface area (Å²) in [4.78, 5) is 1.37. The van der Waals surface area contributed by atoms with Crippen molar-refractivity contribution in [1.29, 1.82) is 0 Å². The van der Waals surface area contributed by atoms with Crippen LogP contribution in [0.15, 0.2) is 35.7 Å². The van der Waals surface area contributed by atoms with Gasteiger partial charge in [0.1, 0.15) is 5.82 Å². The molecule has 5 heteroatoms. The van der Waals surface area contributed by atoms with E-state index in [1.807, 2.05) is 0 Å². The molecule has 0 fully saturated rings. The second-order valence-corrected chi connectivity index (χ2v) is 6.19. The Morgan fingerprint density at radius 2 is 2.15 bits per heavy atom. The largest absolute Gasteiger partial charge is 0.271 e. The Bertz CT molecular complexity index is 531. The predicted molar refractivity (Wildman–Crippen MR) is 83.5 cm³/mol. The van der Waals surface area contributed by atoms with Crippen molar-refractivity contribution in [3.8, 4) is 0 Å². The molecule has 20 heavy (non-hydrogen) atoms. The Kier molecular flexibility index (Phi) is 5.98. The molecule has 0 aliphatic carbocycles. The molecular weight excluding hydrogens is 295 g/mol. The molecule has 108 valence electrons. The molecule has 3 N–H and O–H groups in total. The maximum Gasteiger partial charge on any atom is 0.145 e. The number of hydrogen-bond acceptors (Lipinski definition) is 3. The highest BCUT2D eigenvalue weighted by molar-refractivity contribution is 7.09. The fourth-order valence-electron chi connectivity index (χ4n) is 2.19. The molecule has 0 radical (unpaired) electrons. The summed E-state index contributed by atoms with van der Waals surface area (Å²) in [5.74, 6) is 5.23. The zero-order valence-corrected chi connectivity index (χ0v) is 12.7. The summed E-state index contributed by atoms with van der Waals surface area (Å²) < 4.78 is 13.8. The van der Waals surface area contributed by atoms with Gasteiger partial charge in [0.25, 0.3) is 0 Å². The van der Waals surface area contributed by atoms with Crippen molar-refractivity contribution in [3.05, 3.63) is 57.0 Å². The molecular formula is C15H18ClFN2S. The van der Waals surface area contributed by atoms with E-state index in [1.54, 1.807) is 29.5 Å². The summed E-state index contributed by atoms with van der Waals surface area (Å²) in [6.45, 7) is 0. The maximum absolute atomic E-state index is 13.8. The molecule has 0 spiro atoms. The van der Waals surface area contributed by atoms with E-state index in [-0.39, 0.29) is 16.9 Å². The topological polar surface area (TPSA) is 38.0 Å². The van der Waals surface area contributed by atoms with Crippen molar-refractivity contribution in [2.75, 3.05) is 0 Å². The van der Waals surface area contributed by atoms with Crippen LogP contribution in [0.5, 0.6) is 0 Å². The van der Waals surface area contributed by atoms with Gasteiger partial charge in [0.15, 0.2) is 0 Å². The third-order valence-electron chi connectivity index (χ3n) is 3.29. The van der Waals surface area contributed by atoms with Gasteiger partial charge in [-0.2, -0.15) is 0 Å². The number of hydrogen-bond donors (Lipinski definition) is 2. The SMILES string of the molecule is NNC(CCCc1cccs1)Cc1cccc(Cl)c1F. The smallest absolute Gasteiger partial charge is 0.145 e. The monoisotopic (exact) mass is 312 g/mol. The van der Waals surface area contributed by atoms with Crippen molar-refractivity contribution >= 4 is 22.9 Å². The van der Waals surface area contributed by atoms with E-state index in [1.165, 1.54) is 4.88 Å². The van der Waals surface area contributed by atoms with Gasteiger partial charge in [-0.05, 0) is 48.8 Å². The molecule has 0 saturated heterocycles. The van der Waals surface area contributed by atoms with Crippen LogP contribution in [0.25, 0.3) is 0 Å². The average molecular weight is 313 g/mol. The zero-order valence-electron chi connectivity index (χ0n) is 11.1. The molecule has 0 bridgehead atoms. The highest BCUT2D eigenvalue weighted by Crippen LogP contribution is 2.20. The average Bonchev–Trinajstić information content (AvgIpc) is 2.95. The Morgan fingerprint density at radius 3 is 2.85 bits per heavy atom. The summed E-state index contributed by atoms with van der Waals surface area (Å²) in [6, 6.07) is 9.32. The molecule has 1 atom stereocenters. The first-order valence-corrected chi connectivity index (χ1v) is 7.88. The number of halogens is 2. The van der Waals surface area contributed by atoms with Gasteiger partial charge in [-0.3, -0.25) is 11.3 Å². The summed E-state index contributed by atoms with van der Waals surface area (Å²) >= 11 is 7.55. The number of rotatable bonds is 7. The van der Waals surface area contributed by atoms with E-state index in [9.17, 15) is 4.39 Å². The fraction of sp³-hybridized carbons (Fsp3) is 0.333. The number of thiophene rings is 1. The van der Waals surface area contributed by atoms with Crippen LogP contribution in [0.4, 0.5) is 4.39 Å². The van der Waals surface area contributed by atoms with Crippen LogP contribution < -0.4 is 11.3 Å². The van der Waals surface area contributed by atoms with Crippen LogP contribution in [0.2, 0.25) is 5.02 Å². The van der Waals surface area contributed by atoms with Crippen molar-refractivity contribution in [1.82, 2.24) is 5.43 Å². The highest BCUT2D eigenvalue weighted by atomic mass is 35.5. The van der Waals surface area contributed by atoms with Gasteiger partial charge in [-0.25, -0.2) is 4.39 Å². The van der Waals surface area contributed by atoms with Crippen LogP contribution >= 0.6 is 22.9 Å². The van der Waals surface area contributed by atoms with E-state index in [0.717, 1.165) is 19.3 Å². The summed E-state index contributed by atoms with van der Waals surface area (Å²) in [6.07, 6.45) is 3.51. The summed E-state index contributed by atoms with van der Waals surface area (Å²) in [5.41, 5.74) is 3.38. The van der Waals surface area contributed by atoms with Crippen LogP contribution in [-0.4, -0.2) is 6.04 Å². The number of benzene rings is 1. The predicted octanol–water partition coefficient (Wildman–Crippen LogP) is 3.94. The fourth-order valence-corrected chi connectivity index (χ4v) is 3.14. The Labute approximate surface area is 127 Å². The molecule has 0 aliphatic rings. The van der Waals surface area contributed by atoms with E-state index in [4.69, 9.17) is 17.4 Å². The van der Waals surface area contributed by atoms with Crippen molar-refractivity contribution in [2.24, 2.45) is 5.84 Å². The first kappa shape index (κ1) is 15.4. The standard InChI is InChI=1S/C15H18ClFN2S/c16-14-8-1-4-11(15(14)17)10-12(19-18)5-2-6-13-7-3-9-20-13/h1,3-4,7-9,12,19H,2,5-6,10,18H2. The normalized spacial score (nSPS) is 12.6. The lowest BCUT2D eigenvalue weighted by Gasteiger charge is -2.16. The molecule has 2 rings (SSSR count). The molecule has 2 nitrogen and oxygen atoms in total. The molecule has 0 amide bonds. The molecule has 1 heterocycles. The van der Waals surface area contributed by atoms with E-state index in [0.29, 0.717) is 12.0 Å².